The number of fused-ring (bicyclic) bond motifs is 1. The van der Waals surface area contributed by atoms with Crippen LogP contribution in [-0.4, -0.2) is 66.2 Å². The van der Waals surface area contributed by atoms with E-state index in [0.29, 0.717) is 40.3 Å². The number of nitrogens with one attached hydrogen (secondary N) is 2. The SMILES string of the molecule is COc1cc2ncnc(Nc3ccc(Oc4ccnc(N5CCCCC5)c4)cc3F)c2cc1NC1CCN(C)CC1. The molecular formula is C31H36FN7O2. The zero-order valence-corrected chi connectivity index (χ0v) is 23.6. The Hall–Kier alpha value is -4.18. The van der Waals surface area contributed by atoms with Gasteiger partial charge in [-0.25, -0.2) is 19.3 Å². The summed E-state index contributed by atoms with van der Waals surface area (Å²) in [6.07, 6.45) is 8.88. The van der Waals surface area contributed by atoms with E-state index in [0.717, 1.165) is 68.8 Å². The Morgan fingerprint density at radius 1 is 0.878 bits per heavy atom. The van der Waals surface area contributed by atoms with Crippen LogP contribution in [0, 0.1) is 5.82 Å². The second-order valence-corrected chi connectivity index (χ2v) is 10.8. The van der Waals surface area contributed by atoms with E-state index in [4.69, 9.17) is 9.47 Å². The van der Waals surface area contributed by atoms with Crippen molar-refractivity contribution < 1.29 is 13.9 Å². The smallest absolute Gasteiger partial charge is 0.150 e. The molecule has 41 heavy (non-hydrogen) atoms. The molecule has 0 aliphatic carbocycles. The summed E-state index contributed by atoms with van der Waals surface area (Å²) >= 11 is 0. The van der Waals surface area contributed by atoms with Crippen LogP contribution in [0.25, 0.3) is 10.9 Å². The quantitative estimate of drug-likeness (QED) is 0.263. The van der Waals surface area contributed by atoms with Crippen molar-refractivity contribution in [2.45, 2.75) is 38.1 Å². The van der Waals surface area contributed by atoms with Gasteiger partial charge in [-0.3, -0.25) is 0 Å². The number of aromatic nitrogens is 3. The van der Waals surface area contributed by atoms with E-state index in [-0.39, 0.29) is 0 Å². The Morgan fingerprint density at radius 3 is 2.46 bits per heavy atom. The molecule has 10 heteroatoms. The topological polar surface area (TPSA) is 87.7 Å². The van der Waals surface area contributed by atoms with E-state index in [1.165, 1.54) is 18.8 Å². The molecule has 2 fully saturated rings. The standard InChI is InChI=1S/C31H36FN7O2/c1-38-14-9-21(10-15-38)36-28-18-24-27(19-29(28)40-2)34-20-35-31(24)37-26-7-6-22(16-25(26)32)41-23-8-11-33-30(17-23)39-12-4-3-5-13-39/h6-8,11,16-21,36H,3-5,9-10,12-15H2,1-2H3,(H,34,35,37). The summed E-state index contributed by atoms with van der Waals surface area (Å²) in [4.78, 5) is 18.0. The van der Waals surface area contributed by atoms with Gasteiger partial charge >= 0.3 is 0 Å². The van der Waals surface area contributed by atoms with Gasteiger partial charge in [-0.2, -0.15) is 0 Å². The fraction of sp³-hybridized carbons (Fsp3) is 0.387. The number of benzene rings is 2. The highest BCUT2D eigenvalue weighted by Gasteiger charge is 2.19. The van der Waals surface area contributed by atoms with Crippen molar-refractivity contribution in [2.75, 3.05) is 55.9 Å². The van der Waals surface area contributed by atoms with E-state index >= 15 is 4.39 Å². The molecule has 4 aromatic rings. The highest BCUT2D eigenvalue weighted by atomic mass is 19.1. The summed E-state index contributed by atoms with van der Waals surface area (Å²) in [6.45, 7) is 4.07. The van der Waals surface area contributed by atoms with Crippen molar-refractivity contribution in [3.05, 3.63) is 60.8 Å². The average molecular weight is 558 g/mol. The Labute approximate surface area is 239 Å². The van der Waals surface area contributed by atoms with Gasteiger partial charge in [0.1, 0.15) is 41.0 Å². The van der Waals surface area contributed by atoms with Gasteiger partial charge in [0.2, 0.25) is 0 Å². The first kappa shape index (κ1) is 27.0. The minimum atomic E-state index is -0.447. The number of nitrogens with zero attached hydrogens (tertiary/aromatic N) is 5. The number of likely N-dealkylation sites (tertiary alicyclic amines) is 1. The lowest BCUT2D eigenvalue weighted by Crippen LogP contribution is -2.36. The van der Waals surface area contributed by atoms with Crippen molar-refractivity contribution in [3.8, 4) is 17.2 Å². The molecule has 2 aromatic carbocycles. The number of hydrogen-bond donors (Lipinski definition) is 2. The van der Waals surface area contributed by atoms with Crippen molar-refractivity contribution in [1.29, 1.82) is 0 Å². The van der Waals surface area contributed by atoms with Gasteiger partial charge < -0.3 is 29.9 Å². The van der Waals surface area contributed by atoms with E-state index in [9.17, 15) is 0 Å². The van der Waals surface area contributed by atoms with Crippen LogP contribution >= 0.6 is 0 Å². The summed E-state index contributed by atoms with van der Waals surface area (Å²) in [6, 6.07) is 12.7. The average Bonchev–Trinajstić information content (AvgIpc) is 3.00. The monoisotopic (exact) mass is 557 g/mol. The van der Waals surface area contributed by atoms with Gasteiger partial charge in [-0.1, -0.05) is 0 Å². The second kappa shape index (κ2) is 12.1. The fourth-order valence-electron chi connectivity index (χ4n) is 5.52. The number of halogens is 1. The molecule has 2 aromatic heterocycles. The molecule has 0 unspecified atom stereocenters. The highest BCUT2D eigenvalue weighted by Crippen LogP contribution is 2.35. The second-order valence-electron chi connectivity index (χ2n) is 10.8. The predicted octanol–water partition coefficient (Wildman–Crippen LogP) is 6.20. The molecule has 4 heterocycles. The number of anilines is 4. The van der Waals surface area contributed by atoms with Crippen molar-refractivity contribution in [1.82, 2.24) is 19.9 Å². The summed E-state index contributed by atoms with van der Waals surface area (Å²) < 4.78 is 27.0. The molecule has 2 N–H and O–H groups in total. The number of ether oxygens (including phenoxy) is 2. The zero-order valence-electron chi connectivity index (χ0n) is 23.6. The largest absolute Gasteiger partial charge is 0.495 e. The Balaban J connectivity index is 1.20. The fourth-order valence-corrected chi connectivity index (χ4v) is 5.52. The molecule has 2 aliphatic rings. The first-order chi connectivity index (χ1) is 20.1. The van der Waals surface area contributed by atoms with Crippen LogP contribution < -0.4 is 25.0 Å². The van der Waals surface area contributed by atoms with E-state index in [1.807, 2.05) is 18.2 Å². The van der Waals surface area contributed by atoms with Crippen LogP contribution in [0.2, 0.25) is 0 Å². The molecule has 9 nitrogen and oxygen atoms in total. The molecule has 214 valence electrons. The van der Waals surface area contributed by atoms with Crippen LogP contribution in [0.1, 0.15) is 32.1 Å². The molecule has 0 spiro atoms. The van der Waals surface area contributed by atoms with Crippen molar-refractivity contribution in [2.24, 2.45) is 0 Å². The Kier molecular flexibility index (Phi) is 8.00. The van der Waals surface area contributed by atoms with E-state index in [1.54, 1.807) is 31.5 Å². The van der Waals surface area contributed by atoms with Crippen LogP contribution in [0.3, 0.4) is 0 Å². The third-order valence-corrected chi connectivity index (χ3v) is 7.86. The number of hydrogen-bond acceptors (Lipinski definition) is 9. The molecule has 2 saturated heterocycles. The number of methoxy groups -OCH3 is 1. The van der Waals surface area contributed by atoms with Gasteiger partial charge in [-0.05, 0) is 76.5 Å². The summed E-state index contributed by atoms with van der Waals surface area (Å²) in [7, 11) is 3.80. The Morgan fingerprint density at radius 2 is 1.68 bits per heavy atom. The molecule has 6 rings (SSSR count). The molecule has 0 radical (unpaired) electrons. The lowest BCUT2D eigenvalue weighted by atomic mass is 10.0. The lowest BCUT2D eigenvalue weighted by Gasteiger charge is -2.30. The number of rotatable bonds is 8. The molecule has 2 aliphatic heterocycles. The zero-order chi connectivity index (χ0) is 28.2. The van der Waals surface area contributed by atoms with Gasteiger partial charge in [0.15, 0.2) is 0 Å². The van der Waals surface area contributed by atoms with Crippen LogP contribution in [0.15, 0.2) is 55.0 Å². The molecule has 0 bridgehead atoms. The van der Waals surface area contributed by atoms with Crippen molar-refractivity contribution >= 4 is 33.9 Å². The highest BCUT2D eigenvalue weighted by molar-refractivity contribution is 5.95. The maximum atomic E-state index is 15.3. The first-order valence-corrected chi connectivity index (χ1v) is 14.3. The van der Waals surface area contributed by atoms with Gasteiger partial charge in [-0.15, -0.1) is 0 Å². The number of piperidine rings is 2. The molecule has 0 amide bonds. The summed E-state index contributed by atoms with van der Waals surface area (Å²) in [5, 5.41) is 7.57. The molecular weight excluding hydrogens is 521 g/mol. The summed E-state index contributed by atoms with van der Waals surface area (Å²) in [5.41, 5.74) is 1.87. The van der Waals surface area contributed by atoms with E-state index in [2.05, 4.69) is 42.4 Å². The maximum Gasteiger partial charge on any atom is 0.150 e. The van der Waals surface area contributed by atoms with E-state index < -0.39 is 5.82 Å². The van der Waals surface area contributed by atoms with Crippen LogP contribution in [0.5, 0.6) is 17.2 Å². The minimum absolute atomic E-state index is 0.293. The molecule has 0 saturated carbocycles. The third kappa shape index (κ3) is 6.27. The number of pyridine rings is 1. The lowest BCUT2D eigenvalue weighted by molar-refractivity contribution is 0.263. The van der Waals surface area contributed by atoms with Gasteiger partial charge in [0.25, 0.3) is 0 Å². The maximum absolute atomic E-state index is 15.3. The minimum Gasteiger partial charge on any atom is -0.495 e. The Bertz CT molecular complexity index is 1500. The summed E-state index contributed by atoms with van der Waals surface area (Å²) in [5.74, 6) is 2.70. The predicted molar refractivity (Wildman–Crippen MR) is 160 cm³/mol. The van der Waals surface area contributed by atoms with Crippen LogP contribution in [-0.2, 0) is 0 Å². The van der Waals surface area contributed by atoms with Crippen molar-refractivity contribution in [3.63, 3.8) is 0 Å². The first-order valence-electron chi connectivity index (χ1n) is 14.3. The third-order valence-electron chi connectivity index (χ3n) is 7.86. The van der Waals surface area contributed by atoms with Gasteiger partial charge in [0.05, 0.1) is 24.0 Å². The molecule has 0 atom stereocenters. The van der Waals surface area contributed by atoms with Gasteiger partial charge in [0, 0.05) is 48.9 Å². The van der Waals surface area contributed by atoms with Crippen LogP contribution in [0.4, 0.5) is 27.4 Å². The normalized spacial score (nSPS) is 16.5.